The average Bonchev–Trinajstić information content (AvgIpc) is 2.54. The molecule has 1 aromatic rings. The molecule has 21 heavy (non-hydrogen) atoms. The highest BCUT2D eigenvalue weighted by Gasteiger charge is 2.21. The van der Waals surface area contributed by atoms with Crippen LogP contribution < -0.4 is 15.2 Å². The molecule has 0 aromatic heterocycles. The van der Waals surface area contributed by atoms with Crippen LogP contribution in [0.25, 0.3) is 0 Å². The predicted molar refractivity (Wildman–Crippen MR) is 84.1 cm³/mol. The second-order valence-electron chi connectivity index (χ2n) is 6.22. The van der Waals surface area contributed by atoms with Crippen LogP contribution in [0.5, 0.6) is 11.5 Å². The lowest BCUT2D eigenvalue weighted by Gasteiger charge is -2.31. The maximum absolute atomic E-state index is 6.44. The first kappa shape index (κ1) is 14.7. The van der Waals surface area contributed by atoms with E-state index in [9.17, 15) is 0 Å². The molecule has 2 aliphatic rings. The third kappa shape index (κ3) is 3.50. The molecule has 3 rings (SSSR count). The number of nitrogens with two attached hydrogens (primary N) is 1. The summed E-state index contributed by atoms with van der Waals surface area (Å²) in [4.78, 5) is 2.50. The van der Waals surface area contributed by atoms with Crippen molar-refractivity contribution < 1.29 is 9.47 Å². The normalized spacial score (nSPS) is 21.8. The first-order valence-corrected chi connectivity index (χ1v) is 8.11. The molecule has 116 valence electrons. The first-order valence-electron chi connectivity index (χ1n) is 8.11. The van der Waals surface area contributed by atoms with E-state index in [2.05, 4.69) is 24.0 Å². The molecule has 2 heterocycles. The van der Waals surface area contributed by atoms with Gasteiger partial charge in [0.25, 0.3) is 0 Å². The Hall–Kier alpha value is -1.26. The van der Waals surface area contributed by atoms with Gasteiger partial charge in [-0.2, -0.15) is 0 Å². The van der Waals surface area contributed by atoms with Crippen molar-refractivity contribution in [3.8, 4) is 11.5 Å². The van der Waals surface area contributed by atoms with Gasteiger partial charge in [-0.1, -0.05) is 19.4 Å². The first-order chi connectivity index (χ1) is 10.2. The van der Waals surface area contributed by atoms with Crippen LogP contribution in [-0.4, -0.2) is 43.8 Å². The van der Waals surface area contributed by atoms with Crippen molar-refractivity contribution in [1.82, 2.24) is 4.90 Å². The van der Waals surface area contributed by atoms with Gasteiger partial charge in [-0.15, -0.1) is 0 Å². The number of rotatable bonds is 4. The molecular formula is C17H26N2O2. The molecule has 1 saturated heterocycles. The molecule has 0 radical (unpaired) electrons. The lowest BCUT2D eigenvalue weighted by Crippen LogP contribution is -2.42. The Morgan fingerprint density at radius 2 is 1.81 bits per heavy atom. The van der Waals surface area contributed by atoms with Gasteiger partial charge in [-0.3, -0.25) is 0 Å². The van der Waals surface area contributed by atoms with E-state index in [1.54, 1.807) is 0 Å². The molecule has 2 unspecified atom stereocenters. The lowest BCUT2D eigenvalue weighted by molar-refractivity contribution is 0.171. The summed E-state index contributed by atoms with van der Waals surface area (Å²) in [6, 6.07) is 6.38. The maximum Gasteiger partial charge on any atom is 0.161 e. The summed E-state index contributed by atoms with van der Waals surface area (Å²) in [5.41, 5.74) is 7.68. The van der Waals surface area contributed by atoms with Crippen molar-refractivity contribution in [3.05, 3.63) is 23.8 Å². The van der Waals surface area contributed by atoms with Crippen molar-refractivity contribution in [2.24, 2.45) is 5.73 Å². The monoisotopic (exact) mass is 290 g/mol. The smallest absolute Gasteiger partial charge is 0.161 e. The van der Waals surface area contributed by atoms with Crippen LogP contribution in [-0.2, 0) is 0 Å². The van der Waals surface area contributed by atoms with E-state index in [-0.39, 0.29) is 6.04 Å². The molecule has 1 aromatic carbocycles. The number of fused-ring (bicyclic) bond motifs is 1. The van der Waals surface area contributed by atoms with Gasteiger partial charge in [0.2, 0.25) is 0 Å². The van der Waals surface area contributed by atoms with Crippen LogP contribution in [0.2, 0.25) is 0 Å². The van der Waals surface area contributed by atoms with Gasteiger partial charge in [0, 0.05) is 12.6 Å². The minimum Gasteiger partial charge on any atom is -0.486 e. The third-order valence-corrected chi connectivity index (χ3v) is 4.65. The van der Waals surface area contributed by atoms with E-state index in [0.29, 0.717) is 19.1 Å². The molecule has 4 nitrogen and oxygen atoms in total. The van der Waals surface area contributed by atoms with E-state index in [0.717, 1.165) is 18.0 Å². The molecule has 0 aliphatic carbocycles. The van der Waals surface area contributed by atoms with Gasteiger partial charge in [-0.25, -0.2) is 0 Å². The predicted octanol–water partition coefficient (Wildman–Crippen LogP) is 2.37. The number of benzene rings is 1. The van der Waals surface area contributed by atoms with Crippen LogP contribution in [0, 0.1) is 0 Å². The number of hydrogen-bond donors (Lipinski definition) is 1. The van der Waals surface area contributed by atoms with Crippen LogP contribution >= 0.6 is 0 Å². The Kier molecular flexibility index (Phi) is 4.66. The maximum atomic E-state index is 6.44. The standard InChI is InChI=1S/C17H26N2O2/c1-13(15(18)12-19-7-3-2-4-8-19)14-5-6-16-17(11-14)21-10-9-20-16/h5-6,11,13,15H,2-4,7-10,12,18H2,1H3. The summed E-state index contributed by atoms with van der Waals surface area (Å²) >= 11 is 0. The third-order valence-electron chi connectivity index (χ3n) is 4.65. The van der Waals surface area contributed by atoms with Gasteiger partial charge in [0.05, 0.1) is 0 Å². The molecule has 1 fully saturated rings. The summed E-state index contributed by atoms with van der Waals surface area (Å²) in [5.74, 6) is 2.03. The van der Waals surface area contributed by atoms with E-state index in [4.69, 9.17) is 15.2 Å². The summed E-state index contributed by atoms with van der Waals surface area (Å²) in [7, 11) is 0. The zero-order valence-electron chi connectivity index (χ0n) is 12.9. The Labute approximate surface area is 127 Å². The lowest BCUT2D eigenvalue weighted by atomic mass is 9.92. The molecule has 4 heteroatoms. The molecule has 2 N–H and O–H groups in total. The second kappa shape index (κ2) is 6.67. The highest BCUT2D eigenvalue weighted by Crippen LogP contribution is 2.33. The summed E-state index contributed by atoms with van der Waals surface area (Å²) < 4.78 is 11.2. The van der Waals surface area contributed by atoms with E-state index >= 15 is 0 Å². The van der Waals surface area contributed by atoms with Crippen LogP contribution in [0.15, 0.2) is 18.2 Å². The fraction of sp³-hybridized carbons (Fsp3) is 0.647. The number of likely N-dealkylation sites (tertiary alicyclic amines) is 1. The van der Waals surface area contributed by atoms with Gasteiger partial charge in [0.15, 0.2) is 11.5 Å². The van der Waals surface area contributed by atoms with Crippen molar-refractivity contribution in [1.29, 1.82) is 0 Å². The van der Waals surface area contributed by atoms with Gasteiger partial charge < -0.3 is 20.1 Å². The van der Waals surface area contributed by atoms with Gasteiger partial charge in [0.1, 0.15) is 13.2 Å². The Balaban J connectivity index is 1.64. The Bertz CT molecular complexity index is 472. The quantitative estimate of drug-likeness (QED) is 0.925. The van der Waals surface area contributed by atoms with Crippen LogP contribution in [0.3, 0.4) is 0 Å². The average molecular weight is 290 g/mol. The summed E-state index contributed by atoms with van der Waals surface area (Å²) in [5, 5.41) is 0. The summed E-state index contributed by atoms with van der Waals surface area (Å²) in [6.07, 6.45) is 3.99. The minimum absolute atomic E-state index is 0.158. The van der Waals surface area contributed by atoms with Gasteiger partial charge >= 0.3 is 0 Å². The van der Waals surface area contributed by atoms with Crippen molar-refractivity contribution in [2.75, 3.05) is 32.8 Å². The van der Waals surface area contributed by atoms with Crippen LogP contribution in [0.4, 0.5) is 0 Å². The van der Waals surface area contributed by atoms with Crippen molar-refractivity contribution >= 4 is 0 Å². The van der Waals surface area contributed by atoms with E-state index < -0.39 is 0 Å². The van der Waals surface area contributed by atoms with E-state index in [1.165, 1.54) is 37.9 Å². The number of ether oxygens (including phenoxy) is 2. The molecule has 0 amide bonds. The zero-order chi connectivity index (χ0) is 14.7. The SMILES string of the molecule is CC(c1ccc2c(c1)OCCO2)C(N)CN1CCCCC1. The number of piperidine rings is 1. The zero-order valence-corrected chi connectivity index (χ0v) is 12.9. The number of nitrogens with zero attached hydrogens (tertiary/aromatic N) is 1. The second-order valence-corrected chi connectivity index (χ2v) is 6.22. The summed E-state index contributed by atoms with van der Waals surface area (Å²) in [6.45, 7) is 6.85. The highest BCUT2D eigenvalue weighted by atomic mass is 16.6. The molecule has 0 saturated carbocycles. The molecule has 2 aliphatic heterocycles. The van der Waals surface area contributed by atoms with E-state index in [1.807, 2.05) is 6.07 Å². The Morgan fingerprint density at radius 3 is 2.57 bits per heavy atom. The molecule has 2 atom stereocenters. The van der Waals surface area contributed by atoms with Crippen molar-refractivity contribution in [3.63, 3.8) is 0 Å². The molecular weight excluding hydrogens is 264 g/mol. The van der Waals surface area contributed by atoms with Crippen molar-refractivity contribution in [2.45, 2.75) is 38.1 Å². The topological polar surface area (TPSA) is 47.7 Å². The van der Waals surface area contributed by atoms with Gasteiger partial charge in [-0.05, 0) is 49.5 Å². The fourth-order valence-electron chi connectivity index (χ4n) is 3.19. The minimum atomic E-state index is 0.158. The van der Waals surface area contributed by atoms with Crippen LogP contribution in [0.1, 0.15) is 37.7 Å². The largest absolute Gasteiger partial charge is 0.486 e. The highest BCUT2D eigenvalue weighted by molar-refractivity contribution is 5.45. The molecule has 0 spiro atoms. The Morgan fingerprint density at radius 1 is 1.10 bits per heavy atom. The fourth-order valence-corrected chi connectivity index (χ4v) is 3.19. The number of hydrogen-bond acceptors (Lipinski definition) is 4. The molecule has 0 bridgehead atoms.